The van der Waals surface area contributed by atoms with E-state index in [-0.39, 0.29) is 0 Å². The summed E-state index contributed by atoms with van der Waals surface area (Å²) in [7, 11) is 2.27. The molecule has 1 aromatic carbocycles. The molecular weight excluding hydrogens is 339 g/mol. The van der Waals surface area contributed by atoms with Gasteiger partial charge in [-0.15, -0.1) is 0 Å². The summed E-state index contributed by atoms with van der Waals surface area (Å²) in [6, 6.07) is 8.52. The van der Waals surface area contributed by atoms with Crippen molar-refractivity contribution in [2.45, 2.75) is 52.3 Å². The summed E-state index contributed by atoms with van der Waals surface area (Å²) in [6.45, 7) is 4.67. The maximum absolute atomic E-state index is 4.94. The number of aromatic nitrogens is 2. The van der Waals surface area contributed by atoms with Gasteiger partial charge < -0.3 is 4.57 Å². The van der Waals surface area contributed by atoms with Gasteiger partial charge >= 0.3 is 0 Å². The van der Waals surface area contributed by atoms with Crippen LogP contribution in [0.2, 0.25) is 6.32 Å². The molecule has 0 N–H and O–H groups in total. The smallest absolute Gasteiger partial charge is 0.206 e. The van der Waals surface area contributed by atoms with Gasteiger partial charge in [0, 0.05) is 5.70 Å². The Morgan fingerprint density at radius 1 is 1.21 bits per heavy atom. The van der Waals surface area contributed by atoms with Crippen molar-refractivity contribution in [1.82, 2.24) is 9.55 Å². The van der Waals surface area contributed by atoms with Crippen molar-refractivity contribution in [2.24, 2.45) is 11.8 Å². The molecule has 0 bridgehead atoms. The molecule has 2 atom stereocenters. The van der Waals surface area contributed by atoms with Gasteiger partial charge in [0.25, 0.3) is 0 Å². The fourth-order valence-corrected chi connectivity index (χ4v) is 4.22. The third kappa shape index (κ3) is 4.24. The molecule has 143 valence electrons. The first-order valence-electron chi connectivity index (χ1n) is 10.8. The lowest BCUT2D eigenvalue weighted by Crippen LogP contribution is -2.25. The van der Waals surface area contributed by atoms with Crippen LogP contribution >= 0.6 is 0 Å². The van der Waals surface area contributed by atoms with E-state index >= 15 is 0 Å². The number of hydrogen-bond acceptors (Lipinski definition) is 1. The van der Waals surface area contributed by atoms with Crippen molar-refractivity contribution in [3.63, 3.8) is 0 Å². The Morgan fingerprint density at radius 3 is 3.00 bits per heavy atom. The number of allylic oxidation sites excluding steroid dienone is 8. The van der Waals surface area contributed by atoms with Gasteiger partial charge in [-0.3, -0.25) is 0 Å². The van der Waals surface area contributed by atoms with Gasteiger partial charge in [-0.05, 0) is 61.6 Å². The van der Waals surface area contributed by atoms with Crippen molar-refractivity contribution in [3.8, 4) is 0 Å². The largest absolute Gasteiger partial charge is 0.309 e. The summed E-state index contributed by atoms with van der Waals surface area (Å²) >= 11 is 0. The van der Waals surface area contributed by atoms with Crippen LogP contribution < -0.4 is 5.72 Å². The molecule has 28 heavy (non-hydrogen) atoms. The normalized spacial score (nSPS) is 22.9. The van der Waals surface area contributed by atoms with Crippen molar-refractivity contribution in [1.29, 1.82) is 0 Å². The monoisotopic (exact) mass is 369 g/mol. The van der Waals surface area contributed by atoms with Crippen molar-refractivity contribution >= 4 is 29.7 Å². The summed E-state index contributed by atoms with van der Waals surface area (Å²) in [5.74, 6) is 1.42. The van der Waals surface area contributed by atoms with Gasteiger partial charge in [0.05, 0.1) is 16.8 Å². The maximum Gasteiger partial charge on any atom is 0.206 e. The molecule has 0 saturated heterocycles. The SMILES string of the molecule is CC1CCC=C(n2c([B]CC=CC3=CC=CCC3C)nc3ccccc32)CC1. The first-order valence-corrected chi connectivity index (χ1v) is 10.8. The van der Waals surface area contributed by atoms with E-state index in [1.165, 1.54) is 36.0 Å². The van der Waals surface area contributed by atoms with Gasteiger partial charge in [0.15, 0.2) is 0 Å². The van der Waals surface area contributed by atoms with Crippen molar-refractivity contribution in [3.05, 3.63) is 66.3 Å². The standard InChI is InChI=1S/C25H30BN2/c1-19-9-7-13-22(17-16-19)28-24-15-6-5-14-23(24)27-25(28)26-18-8-12-21-11-4-3-10-20(21)2/h3-6,8,11-15,19-20H,7,9-10,16-18H2,1-2H3. The minimum Gasteiger partial charge on any atom is -0.309 e. The van der Waals surface area contributed by atoms with Crippen LogP contribution in [0.5, 0.6) is 0 Å². The predicted octanol–water partition coefficient (Wildman–Crippen LogP) is 5.91. The lowest BCUT2D eigenvalue weighted by atomic mass is 9.73. The Labute approximate surface area is 170 Å². The molecule has 2 unspecified atom stereocenters. The second-order valence-corrected chi connectivity index (χ2v) is 8.28. The molecule has 0 fully saturated rings. The van der Waals surface area contributed by atoms with Crippen molar-refractivity contribution < 1.29 is 0 Å². The van der Waals surface area contributed by atoms with Crippen LogP contribution in [0.3, 0.4) is 0 Å². The summed E-state index contributed by atoms with van der Waals surface area (Å²) < 4.78 is 2.40. The molecule has 2 aliphatic carbocycles. The molecule has 2 nitrogen and oxygen atoms in total. The Balaban J connectivity index is 1.56. The van der Waals surface area contributed by atoms with Gasteiger partial charge in [-0.1, -0.05) is 68.8 Å². The third-order valence-corrected chi connectivity index (χ3v) is 6.04. The van der Waals surface area contributed by atoms with Crippen molar-refractivity contribution in [2.75, 3.05) is 0 Å². The van der Waals surface area contributed by atoms with Gasteiger partial charge in [0.2, 0.25) is 7.28 Å². The summed E-state index contributed by atoms with van der Waals surface area (Å²) in [4.78, 5) is 4.94. The number of hydrogen-bond donors (Lipinski definition) is 0. The Hall–Kier alpha value is -2.29. The lowest BCUT2D eigenvalue weighted by Gasteiger charge is -2.14. The highest BCUT2D eigenvalue weighted by Gasteiger charge is 2.17. The average molecular weight is 369 g/mol. The van der Waals surface area contributed by atoms with E-state index in [1.54, 1.807) is 0 Å². The molecule has 4 rings (SSSR count). The summed E-state index contributed by atoms with van der Waals surface area (Å²) in [5.41, 5.74) is 6.24. The van der Waals surface area contributed by atoms with E-state index in [0.717, 1.165) is 36.3 Å². The van der Waals surface area contributed by atoms with Crippen LogP contribution in [0.25, 0.3) is 16.7 Å². The fraction of sp³-hybridized carbons (Fsp3) is 0.400. The number of rotatable bonds is 5. The van der Waals surface area contributed by atoms with Crippen LogP contribution in [0, 0.1) is 11.8 Å². The van der Waals surface area contributed by atoms with E-state index in [9.17, 15) is 0 Å². The zero-order valence-corrected chi connectivity index (χ0v) is 17.1. The molecule has 2 aromatic rings. The zero-order valence-electron chi connectivity index (χ0n) is 17.1. The summed E-state index contributed by atoms with van der Waals surface area (Å²) in [5, 5.41) is 0. The molecule has 1 aromatic heterocycles. The number of nitrogens with zero attached hydrogens (tertiary/aromatic N) is 2. The molecule has 1 radical (unpaired) electrons. The third-order valence-electron chi connectivity index (χ3n) is 6.04. The van der Waals surface area contributed by atoms with E-state index < -0.39 is 0 Å². The van der Waals surface area contributed by atoms with Crippen LogP contribution in [-0.4, -0.2) is 16.8 Å². The highest BCUT2D eigenvalue weighted by Crippen LogP contribution is 2.27. The van der Waals surface area contributed by atoms with Gasteiger partial charge in [0.1, 0.15) is 0 Å². The number of fused-ring (bicyclic) bond motifs is 1. The van der Waals surface area contributed by atoms with Crippen LogP contribution in [0.15, 0.2) is 66.3 Å². The molecule has 0 aliphatic heterocycles. The number of para-hydroxylation sites is 2. The second kappa shape index (κ2) is 8.81. The Morgan fingerprint density at radius 2 is 2.11 bits per heavy atom. The van der Waals surface area contributed by atoms with E-state index in [0.29, 0.717) is 5.92 Å². The van der Waals surface area contributed by atoms with Gasteiger partial charge in [-0.2, -0.15) is 0 Å². The minimum atomic E-state index is 0.615. The van der Waals surface area contributed by atoms with E-state index in [1.807, 2.05) is 0 Å². The number of benzene rings is 1. The molecule has 3 heteroatoms. The summed E-state index contributed by atoms with van der Waals surface area (Å²) in [6.07, 6.45) is 20.5. The topological polar surface area (TPSA) is 17.8 Å². The lowest BCUT2D eigenvalue weighted by molar-refractivity contribution is 0.513. The van der Waals surface area contributed by atoms with Crippen LogP contribution in [-0.2, 0) is 0 Å². The first-order chi connectivity index (χ1) is 13.7. The Bertz CT molecular complexity index is 945. The molecule has 2 aliphatic rings. The van der Waals surface area contributed by atoms with Gasteiger partial charge in [-0.25, -0.2) is 4.98 Å². The van der Waals surface area contributed by atoms with Crippen LogP contribution in [0.4, 0.5) is 0 Å². The highest BCUT2D eigenvalue weighted by molar-refractivity contribution is 6.52. The minimum absolute atomic E-state index is 0.615. The second-order valence-electron chi connectivity index (χ2n) is 8.28. The quantitative estimate of drug-likeness (QED) is 0.599. The fourth-order valence-electron chi connectivity index (χ4n) is 4.22. The predicted molar refractivity (Wildman–Crippen MR) is 122 cm³/mol. The Kier molecular flexibility index (Phi) is 6.00. The molecule has 0 spiro atoms. The maximum atomic E-state index is 4.94. The van der Waals surface area contributed by atoms with E-state index in [4.69, 9.17) is 4.98 Å². The highest BCUT2D eigenvalue weighted by atomic mass is 15.1. The first kappa shape index (κ1) is 19.0. The molecular formula is C25H30BN2. The van der Waals surface area contributed by atoms with Crippen LogP contribution in [0.1, 0.15) is 46.0 Å². The zero-order chi connectivity index (χ0) is 19.3. The average Bonchev–Trinajstić information content (AvgIpc) is 2.93. The molecule has 0 amide bonds. The molecule has 1 heterocycles. The van der Waals surface area contributed by atoms with E-state index in [2.05, 4.69) is 86.4 Å². The molecule has 0 saturated carbocycles. The number of imidazole rings is 1.